The Kier molecular flexibility index (Phi) is 5.20. The van der Waals surface area contributed by atoms with Gasteiger partial charge in [0.25, 0.3) is 0 Å². The van der Waals surface area contributed by atoms with Crippen LogP contribution in [0.1, 0.15) is 64.5 Å². The van der Waals surface area contributed by atoms with Gasteiger partial charge in [-0.05, 0) is 48.3 Å². The van der Waals surface area contributed by atoms with Gasteiger partial charge in [-0.15, -0.1) is 0 Å². The normalized spacial score (nSPS) is 18.2. The molecule has 0 aromatic heterocycles. The molecule has 0 saturated heterocycles. The maximum Gasteiger partial charge on any atom is 0.123 e. The molecule has 2 rings (SSSR count). The van der Waals surface area contributed by atoms with Crippen molar-refractivity contribution in [3.05, 3.63) is 35.6 Å². The van der Waals surface area contributed by atoms with Gasteiger partial charge in [0, 0.05) is 12.6 Å². The quantitative estimate of drug-likeness (QED) is 0.698. The number of benzene rings is 1. The molecule has 112 valence electrons. The van der Waals surface area contributed by atoms with Crippen molar-refractivity contribution in [2.45, 2.75) is 58.9 Å². The van der Waals surface area contributed by atoms with Crippen molar-refractivity contribution in [2.24, 2.45) is 11.3 Å². The summed E-state index contributed by atoms with van der Waals surface area (Å²) in [6, 6.07) is 7.37. The lowest BCUT2D eigenvalue weighted by atomic mass is 9.91. The van der Waals surface area contributed by atoms with Crippen LogP contribution in [-0.4, -0.2) is 6.54 Å². The molecule has 0 spiro atoms. The van der Waals surface area contributed by atoms with Gasteiger partial charge >= 0.3 is 0 Å². The SMILES string of the molecule is CCCCC(NCC1(C(C)C)CC1)c1ccc(F)cc1. The van der Waals surface area contributed by atoms with Crippen molar-refractivity contribution in [2.75, 3.05) is 6.54 Å². The number of halogens is 1. The molecule has 1 aliphatic carbocycles. The Balaban J connectivity index is 1.98. The smallest absolute Gasteiger partial charge is 0.123 e. The van der Waals surface area contributed by atoms with Gasteiger partial charge in [-0.1, -0.05) is 45.7 Å². The second-order valence-corrected chi connectivity index (χ2v) is 6.64. The Morgan fingerprint density at radius 2 is 1.85 bits per heavy atom. The fourth-order valence-electron chi connectivity index (χ4n) is 2.94. The predicted octanol–water partition coefficient (Wildman–Crippen LogP) is 5.08. The molecule has 1 fully saturated rings. The first-order valence-corrected chi connectivity index (χ1v) is 8.06. The summed E-state index contributed by atoms with van der Waals surface area (Å²) in [7, 11) is 0. The van der Waals surface area contributed by atoms with Crippen molar-refractivity contribution in [1.29, 1.82) is 0 Å². The largest absolute Gasteiger partial charge is 0.309 e. The molecule has 0 radical (unpaired) electrons. The minimum Gasteiger partial charge on any atom is -0.309 e. The van der Waals surface area contributed by atoms with Crippen LogP contribution in [0.5, 0.6) is 0 Å². The maximum absolute atomic E-state index is 13.1. The summed E-state index contributed by atoms with van der Waals surface area (Å²) in [5.74, 6) is 0.596. The zero-order valence-corrected chi connectivity index (χ0v) is 13.1. The molecule has 1 aromatic rings. The molecule has 1 aliphatic rings. The molecule has 1 unspecified atom stereocenters. The topological polar surface area (TPSA) is 12.0 Å². The lowest BCUT2D eigenvalue weighted by Crippen LogP contribution is -2.31. The molecule has 1 atom stereocenters. The molecule has 0 aliphatic heterocycles. The average Bonchev–Trinajstić information content (AvgIpc) is 3.21. The number of nitrogens with one attached hydrogen (secondary N) is 1. The van der Waals surface area contributed by atoms with E-state index in [0.29, 0.717) is 11.5 Å². The van der Waals surface area contributed by atoms with Gasteiger partial charge in [0.1, 0.15) is 5.82 Å². The predicted molar refractivity (Wildman–Crippen MR) is 83.2 cm³/mol. The van der Waals surface area contributed by atoms with E-state index >= 15 is 0 Å². The Hall–Kier alpha value is -0.890. The molecule has 20 heavy (non-hydrogen) atoms. The minimum absolute atomic E-state index is 0.149. The van der Waals surface area contributed by atoms with Crippen LogP contribution in [0.3, 0.4) is 0 Å². The van der Waals surface area contributed by atoms with Gasteiger partial charge < -0.3 is 5.32 Å². The van der Waals surface area contributed by atoms with E-state index in [-0.39, 0.29) is 5.82 Å². The molecule has 1 aromatic carbocycles. The highest BCUT2D eigenvalue weighted by atomic mass is 19.1. The summed E-state index contributed by atoms with van der Waals surface area (Å²) in [5, 5.41) is 3.75. The van der Waals surface area contributed by atoms with E-state index in [9.17, 15) is 4.39 Å². The first-order chi connectivity index (χ1) is 9.57. The molecular weight excluding hydrogens is 249 g/mol. The van der Waals surface area contributed by atoms with E-state index in [1.807, 2.05) is 12.1 Å². The number of rotatable bonds is 8. The Labute approximate surface area is 123 Å². The first-order valence-electron chi connectivity index (χ1n) is 8.06. The molecule has 1 N–H and O–H groups in total. The number of hydrogen-bond acceptors (Lipinski definition) is 1. The maximum atomic E-state index is 13.1. The summed E-state index contributed by atoms with van der Waals surface area (Å²) < 4.78 is 13.1. The molecule has 0 heterocycles. The standard InChI is InChI=1S/C18H28FN/c1-4-5-6-17(15-7-9-16(19)10-8-15)20-13-18(11-12-18)14(2)3/h7-10,14,17,20H,4-6,11-13H2,1-3H3. The van der Waals surface area contributed by atoms with Crippen LogP contribution < -0.4 is 5.32 Å². The average molecular weight is 277 g/mol. The van der Waals surface area contributed by atoms with Crippen LogP contribution in [-0.2, 0) is 0 Å². The monoisotopic (exact) mass is 277 g/mol. The third-order valence-corrected chi connectivity index (χ3v) is 4.94. The van der Waals surface area contributed by atoms with Crippen molar-refractivity contribution in [3.8, 4) is 0 Å². The highest BCUT2D eigenvalue weighted by Gasteiger charge is 2.45. The highest BCUT2D eigenvalue weighted by molar-refractivity contribution is 5.20. The summed E-state index contributed by atoms with van der Waals surface area (Å²) >= 11 is 0. The first kappa shape index (κ1) is 15.5. The minimum atomic E-state index is -0.149. The van der Waals surface area contributed by atoms with Crippen LogP contribution >= 0.6 is 0 Å². The molecule has 1 nitrogen and oxygen atoms in total. The van der Waals surface area contributed by atoms with Crippen LogP contribution in [0, 0.1) is 17.2 Å². The Morgan fingerprint density at radius 3 is 2.35 bits per heavy atom. The van der Waals surface area contributed by atoms with E-state index in [2.05, 4.69) is 26.1 Å². The van der Waals surface area contributed by atoms with Gasteiger partial charge in [-0.3, -0.25) is 0 Å². The van der Waals surface area contributed by atoms with Crippen molar-refractivity contribution < 1.29 is 4.39 Å². The summed E-state index contributed by atoms with van der Waals surface area (Å²) in [6.45, 7) is 7.97. The second kappa shape index (κ2) is 6.71. The third-order valence-electron chi connectivity index (χ3n) is 4.94. The second-order valence-electron chi connectivity index (χ2n) is 6.64. The molecular formula is C18H28FN. The van der Waals surface area contributed by atoms with Crippen LogP contribution in [0.2, 0.25) is 0 Å². The van der Waals surface area contributed by atoms with Crippen LogP contribution in [0.25, 0.3) is 0 Å². The zero-order valence-electron chi connectivity index (χ0n) is 13.1. The van der Waals surface area contributed by atoms with Crippen molar-refractivity contribution >= 4 is 0 Å². The Morgan fingerprint density at radius 1 is 1.20 bits per heavy atom. The van der Waals surface area contributed by atoms with Crippen LogP contribution in [0.15, 0.2) is 24.3 Å². The molecule has 0 bridgehead atoms. The Bertz CT molecular complexity index is 406. The van der Waals surface area contributed by atoms with E-state index < -0.39 is 0 Å². The molecule has 1 saturated carbocycles. The van der Waals surface area contributed by atoms with E-state index in [1.54, 1.807) is 12.1 Å². The number of unbranched alkanes of at least 4 members (excludes halogenated alkanes) is 1. The van der Waals surface area contributed by atoms with Gasteiger partial charge in [0.05, 0.1) is 0 Å². The third kappa shape index (κ3) is 3.82. The van der Waals surface area contributed by atoms with Crippen molar-refractivity contribution in [3.63, 3.8) is 0 Å². The fraction of sp³-hybridized carbons (Fsp3) is 0.667. The van der Waals surface area contributed by atoms with Gasteiger partial charge in [0.15, 0.2) is 0 Å². The van der Waals surface area contributed by atoms with E-state index in [4.69, 9.17) is 0 Å². The lowest BCUT2D eigenvalue weighted by molar-refractivity contribution is 0.314. The highest BCUT2D eigenvalue weighted by Crippen LogP contribution is 2.51. The van der Waals surface area contributed by atoms with E-state index in [1.165, 1.54) is 31.2 Å². The summed E-state index contributed by atoms with van der Waals surface area (Å²) in [6.07, 6.45) is 6.25. The zero-order chi connectivity index (χ0) is 14.6. The van der Waals surface area contributed by atoms with Gasteiger partial charge in [-0.25, -0.2) is 4.39 Å². The molecule has 0 amide bonds. The van der Waals surface area contributed by atoms with E-state index in [0.717, 1.165) is 18.9 Å². The lowest BCUT2D eigenvalue weighted by Gasteiger charge is -2.25. The van der Waals surface area contributed by atoms with Gasteiger partial charge in [-0.2, -0.15) is 0 Å². The summed E-state index contributed by atoms with van der Waals surface area (Å²) in [5.41, 5.74) is 1.74. The fourth-order valence-corrected chi connectivity index (χ4v) is 2.94. The number of hydrogen-bond donors (Lipinski definition) is 1. The van der Waals surface area contributed by atoms with Gasteiger partial charge in [0.2, 0.25) is 0 Å². The molecule has 2 heteroatoms. The summed E-state index contributed by atoms with van der Waals surface area (Å²) in [4.78, 5) is 0. The van der Waals surface area contributed by atoms with Crippen LogP contribution in [0.4, 0.5) is 4.39 Å². The van der Waals surface area contributed by atoms with Crippen molar-refractivity contribution in [1.82, 2.24) is 5.32 Å².